The number of hydrogen-bond acceptors (Lipinski definition) is 9. The van der Waals surface area contributed by atoms with E-state index < -0.39 is 23.4 Å². The molecule has 194 valence electrons. The minimum Gasteiger partial charge on any atom is -0.497 e. The van der Waals surface area contributed by atoms with Crippen molar-refractivity contribution in [3.63, 3.8) is 0 Å². The lowest BCUT2D eigenvalue weighted by atomic mass is 9.86. The highest BCUT2D eigenvalue weighted by atomic mass is 32.1. The van der Waals surface area contributed by atoms with Gasteiger partial charge in [-0.25, -0.2) is 4.79 Å². The summed E-state index contributed by atoms with van der Waals surface area (Å²) in [5.41, 5.74) is 6.47. The molecule has 0 fully saturated rings. The topological polar surface area (TPSA) is 139 Å². The third-order valence-corrected chi connectivity index (χ3v) is 6.99. The fraction of sp³-hybridized carbons (Fsp3) is 0.148. The second-order valence-electron chi connectivity index (χ2n) is 8.14. The van der Waals surface area contributed by atoms with Crippen molar-refractivity contribution in [1.82, 2.24) is 4.57 Å². The first-order valence-corrected chi connectivity index (χ1v) is 12.4. The van der Waals surface area contributed by atoms with Gasteiger partial charge < -0.3 is 29.4 Å². The number of thiazole rings is 1. The number of aromatic nitrogens is 1. The van der Waals surface area contributed by atoms with Crippen LogP contribution in [-0.2, 0) is 14.3 Å². The summed E-state index contributed by atoms with van der Waals surface area (Å²) < 4.78 is 23.2. The first-order chi connectivity index (χ1) is 18.4. The Morgan fingerprint density at radius 2 is 1.84 bits per heavy atom. The third-order valence-electron chi connectivity index (χ3n) is 5.88. The van der Waals surface area contributed by atoms with Gasteiger partial charge in [0.25, 0.3) is 11.5 Å². The quantitative estimate of drug-likeness (QED) is 0.345. The zero-order valence-corrected chi connectivity index (χ0v) is 21.2. The molecule has 4 aromatic rings. The van der Waals surface area contributed by atoms with Crippen molar-refractivity contribution >= 4 is 46.4 Å². The van der Waals surface area contributed by atoms with Gasteiger partial charge in [-0.2, -0.15) is 0 Å². The SMILES string of the molecule is CCOC(=O)C1=C(N)n2c(s/c(=C\c3ccco3)c2=O)=C(C(=O)Nc2ccc(OC)cc2)C1c1ccco1. The summed E-state index contributed by atoms with van der Waals surface area (Å²) in [7, 11) is 1.54. The van der Waals surface area contributed by atoms with Crippen LogP contribution in [0.15, 0.2) is 80.3 Å². The molecule has 38 heavy (non-hydrogen) atoms. The molecule has 4 heterocycles. The number of benzene rings is 1. The molecule has 1 aromatic carbocycles. The molecular weight excluding hydrogens is 510 g/mol. The van der Waals surface area contributed by atoms with Crippen LogP contribution in [0.5, 0.6) is 5.75 Å². The number of fused-ring (bicyclic) bond motifs is 1. The summed E-state index contributed by atoms with van der Waals surface area (Å²) in [5, 5.41) is 2.85. The number of nitrogens with one attached hydrogen (secondary N) is 1. The molecule has 0 radical (unpaired) electrons. The number of ether oxygens (including phenoxy) is 2. The number of nitrogens with two attached hydrogens (primary N) is 1. The Balaban J connectivity index is 1.78. The number of furan rings is 2. The van der Waals surface area contributed by atoms with Crippen LogP contribution in [0.4, 0.5) is 5.69 Å². The van der Waals surface area contributed by atoms with Crippen LogP contribution in [0.1, 0.15) is 24.4 Å². The number of hydrogen-bond donors (Lipinski definition) is 2. The number of methoxy groups -OCH3 is 1. The van der Waals surface area contributed by atoms with Crippen LogP contribution >= 0.6 is 11.3 Å². The van der Waals surface area contributed by atoms with Crippen LogP contribution < -0.4 is 30.5 Å². The van der Waals surface area contributed by atoms with Crippen LogP contribution in [0.2, 0.25) is 0 Å². The predicted octanol–water partition coefficient (Wildman–Crippen LogP) is 2.21. The Kier molecular flexibility index (Phi) is 6.75. The van der Waals surface area contributed by atoms with Crippen molar-refractivity contribution in [3.05, 3.63) is 97.7 Å². The largest absolute Gasteiger partial charge is 0.497 e. The Bertz CT molecular complexity index is 1690. The number of carbonyl (C=O) groups excluding carboxylic acids is 2. The summed E-state index contributed by atoms with van der Waals surface area (Å²) in [6.45, 7) is 1.72. The maximum atomic E-state index is 13.9. The fourth-order valence-electron chi connectivity index (χ4n) is 4.19. The Labute approximate surface area is 219 Å². The maximum absolute atomic E-state index is 13.9. The van der Waals surface area contributed by atoms with E-state index in [9.17, 15) is 14.4 Å². The monoisotopic (exact) mass is 533 g/mol. The minimum atomic E-state index is -1.03. The van der Waals surface area contributed by atoms with Gasteiger partial charge in [-0.1, -0.05) is 0 Å². The number of amides is 1. The molecule has 1 aliphatic heterocycles. The molecule has 1 amide bonds. The van der Waals surface area contributed by atoms with Crippen LogP contribution in [0.3, 0.4) is 0 Å². The highest BCUT2D eigenvalue weighted by Gasteiger charge is 2.40. The van der Waals surface area contributed by atoms with E-state index in [-0.39, 0.29) is 32.8 Å². The summed E-state index contributed by atoms with van der Waals surface area (Å²) in [4.78, 5) is 40.6. The van der Waals surface area contributed by atoms with E-state index in [0.29, 0.717) is 23.0 Å². The van der Waals surface area contributed by atoms with Crippen molar-refractivity contribution in [2.24, 2.45) is 5.73 Å². The van der Waals surface area contributed by atoms with Crippen LogP contribution in [0.25, 0.3) is 17.5 Å². The van der Waals surface area contributed by atoms with Crippen molar-refractivity contribution in [1.29, 1.82) is 0 Å². The molecule has 5 rings (SSSR count). The van der Waals surface area contributed by atoms with E-state index in [1.165, 1.54) is 12.5 Å². The molecule has 0 saturated heterocycles. The number of esters is 1. The van der Waals surface area contributed by atoms with Gasteiger partial charge in [0.15, 0.2) is 0 Å². The van der Waals surface area contributed by atoms with E-state index in [2.05, 4.69) is 5.32 Å². The summed E-state index contributed by atoms with van der Waals surface area (Å²) in [5.74, 6) is -1.13. The molecular formula is C27H23N3O7S. The Hall–Kier alpha value is -4.77. The first kappa shape index (κ1) is 24.9. The second kappa shape index (κ2) is 10.3. The zero-order valence-electron chi connectivity index (χ0n) is 20.4. The molecule has 1 aliphatic rings. The number of anilines is 1. The number of rotatable bonds is 7. The molecule has 0 saturated carbocycles. The average molecular weight is 534 g/mol. The molecule has 11 heteroatoms. The van der Waals surface area contributed by atoms with Gasteiger partial charge in [-0.15, -0.1) is 11.3 Å². The van der Waals surface area contributed by atoms with Gasteiger partial charge in [0.1, 0.15) is 27.8 Å². The molecule has 0 aliphatic carbocycles. The van der Waals surface area contributed by atoms with E-state index in [1.807, 2.05) is 0 Å². The highest BCUT2D eigenvalue weighted by molar-refractivity contribution is 7.07. The van der Waals surface area contributed by atoms with Crippen molar-refractivity contribution in [2.75, 3.05) is 19.0 Å². The number of carbonyl (C=O) groups is 2. The van der Waals surface area contributed by atoms with Gasteiger partial charge in [-0.05, 0) is 55.5 Å². The van der Waals surface area contributed by atoms with E-state index in [1.54, 1.807) is 68.6 Å². The van der Waals surface area contributed by atoms with Crippen LogP contribution in [0, 0.1) is 0 Å². The molecule has 3 N–H and O–H groups in total. The van der Waals surface area contributed by atoms with E-state index in [4.69, 9.17) is 24.0 Å². The van der Waals surface area contributed by atoms with Gasteiger partial charge in [0.2, 0.25) is 0 Å². The summed E-state index contributed by atoms with van der Waals surface area (Å²) in [6, 6.07) is 13.4. The summed E-state index contributed by atoms with van der Waals surface area (Å²) in [6.07, 6.45) is 4.47. The van der Waals surface area contributed by atoms with Crippen molar-refractivity contribution in [3.8, 4) is 5.75 Å². The van der Waals surface area contributed by atoms with E-state index >= 15 is 0 Å². The average Bonchev–Trinajstić information content (AvgIpc) is 3.68. The zero-order chi connectivity index (χ0) is 26.8. The lowest BCUT2D eigenvalue weighted by Crippen LogP contribution is -2.42. The Morgan fingerprint density at radius 3 is 2.47 bits per heavy atom. The first-order valence-electron chi connectivity index (χ1n) is 11.6. The van der Waals surface area contributed by atoms with Crippen LogP contribution in [-0.4, -0.2) is 30.2 Å². The fourth-order valence-corrected chi connectivity index (χ4v) is 5.35. The van der Waals surface area contributed by atoms with E-state index in [0.717, 1.165) is 15.9 Å². The standard InChI is InChI=1S/C27H23N3O7S/c1-3-35-27(33)21-20(18-7-5-13-37-18)22(24(31)29-15-8-10-16(34-2)11-9-15)26-30(23(21)28)25(32)19(38-26)14-17-6-4-12-36-17/h4-14,20H,3,28H2,1-2H3,(H,29,31)/b19-14-. The second-order valence-corrected chi connectivity index (χ2v) is 9.17. The summed E-state index contributed by atoms with van der Waals surface area (Å²) >= 11 is 1.05. The van der Waals surface area contributed by atoms with Gasteiger partial charge in [0, 0.05) is 11.8 Å². The lowest BCUT2D eigenvalue weighted by molar-refractivity contribution is -0.138. The Morgan fingerprint density at radius 1 is 1.11 bits per heavy atom. The van der Waals surface area contributed by atoms with Crippen molar-refractivity contribution < 1.29 is 27.9 Å². The van der Waals surface area contributed by atoms with Gasteiger partial charge in [0.05, 0.1) is 47.8 Å². The molecule has 1 unspecified atom stereocenters. The molecule has 3 aromatic heterocycles. The number of nitrogens with zero attached hydrogens (tertiary/aromatic N) is 1. The molecule has 0 spiro atoms. The van der Waals surface area contributed by atoms with Crippen molar-refractivity contribution in [2.45, 2.75) is 12.8 Å². The molecule has 0 bridgehead atoms. The van der Waals surface area contributed by atoms with Gasteiger partial charge >= 0.3 is 5.97 Å². The maximum Gasteiger partial charge on any atom is 0.338 e. The smallest absolute Gasteiger partial charge is 0.338 e. The third kappa shape index (κ3) is 4.43. The molecule has 1 atom stereocenters. The highest BCUT2D eigenvalue weighted by Crippen LogP contribution is 2.38. The molecule has 10 nitrogen and oxygen atoms in total. The lowest BCUT2D eigenvalue weighted by Gasteiger charge is -2.25. The minimum absolute atomic E-state index is 0.0663. The van der Waals surface area contributed by atoms with Gasteiger partial charge in [-0.3, -0.25) is 14.2 Å². The normalized spacial score (nSPS) is 15.4. The predicted molar refractivity (Wildman–Crippen MR) is 141 cm³/mol.